The van der Waals surface area contributed by atoms with E-state index in [1.165, 1.54) is 17.7 Å². The fourth-order valence-corrected chi connectivity index (χ4v) is 3.08. The maximum absolute atomic E-state index is 12.5. The molecule has 4 heteroatoms. The summed E-state index contributed by atoms with van der Waals surface area (Å²) in [5, 5.41) is 20.0. The van der Waals surface area contributed by atoms with Crippen molar-refractivity contribution in [2.75, 3.05) is 0 Å². The minimum absolute atomic E-state index is 0.108. The molecule has 0 fully saturated rings. The standard InChI is InChI=1S/C22H30O4/c1-15-6-5-13-22(3,4)20(24)14-16(2)19(12-7-15)26-21(25)17-8-10-18(23)11-9-17/h7-11,14,19-20,23-24H,5-6,12-13H2,1-4H3/b15-7+,16-14-/t19-,20+/m1/s1. The second-order valence-corrected chi connectivity index (χ2v) is 7.92. The van der Waals surface area contributed by atoms with Gasteiger partial charge in [0, 0.05) is 6.42 Å². The summed E-state index contributed by atoms with van der Waals surface area (Å²) in [5.41, 5.74) is 2.29. The number of phenolic OH excluding ortho intramolecular Hbond substituents is 1. The molecule has 1 aliphatic carbocycles. The van der Waals surface area contributed by atoms with Crippen molar-refractivity contribution in [3.05, 3.63) is 53.1 Å². The molecule has 0 aliphatic heterocycles. The van der Waals surface area contributed by atoms with E-state index in [2.05, 4.69) is 26.8 Å². The molecule has 2 rings (SSSR count). The number of carbonyl (C=O) groups excluding carboxylic acids is 1. The maximum atomic E-state index is 12.5. The predicted molar refractivity (Wildman–Crippen MR) is 103 cm³/mol. The Balaban J connectivity index is 2.25. The number of rotatable bonds is 2. The SMILES string of the molecule is C/C1=C/[C@H](O)C(C)(C)CCC/C(C)=C/C[C@H]1OC(=O)c1ccc(O)cc1. The number of benzene rings is 1. The maximum Gasteiger partial charge on any atom is 0.338 e. The van der Waals surface area contributed by atoms with E-state index in [1.54, 1.807) is 12.1 Å². The summed E-state index contributed by atoms with van der Waals surface area (Å²) in [6.07, 6.45) is 6.46. The molecule has 0 aromatic heterocycles. The lowest BCUT2D eigenvalue weighted by Crippen LogP contribution is -2.29. The first-order chi connectivity index (χ1) is 12.2. The summed E-state index contributed by atoms with van der Waals surface area (Å²) in [4.78, 5) is 12.5. The molecule has 0 saturated carbocycles. The molecule has 1 aliphatic rings. The Hall–Kier alpha value is -2.07. The average molecular weight is 358 g/mol. The third-order valence-corrected chi connectivity index (χ3v) is 5.15. The summed E-state index contributed by atoms with van der Waals surface area (Å²) in [7, 11) is 0. The Morgan fingerprint density at radius 1 is 1.19 bits per heavy atom. The molecule has 26 heavy (non-hydrogen) atoms. The topological polar surface area (TPSA) is 66.8 Å². The second-order valence-electron chi connectivity index (χ2n) is 7.92. The molecule has 0 saturated heterocycles. The van der Waals surface area contributed by atoms with Gasteiger partial charge >= 0.3 is 5.97 Å². The number of carbonyl (C=O) groups is 1. The number of aromatic hydroxyl groups is 1. The number of allylic oxidation sites excluding steroid dienone is 1. The minimum atomic E-state index is -0.587. The van der Waals surface area contributed by atoms with Gasteiger partial charge in [-0.05, 0) is 68.4 Å². The van der Waals surface area contributed by atoms with Crippen molar-refractivity contribution in [1.82, 2.24) is 0 Å². The summed E-state index contributed by atoms with van der Waals surface area (Å²) in [5.74, 6) is -0.325. The van der Waals surface area contributed by atoms with Crippen LogP contribution in [-0.4, -0.2) is 28.4 Å². The van der Waals surface area contributed by atoms with E-state index in [4.69, 9.17) is 4.74 Å². The average Bonchev–Trinajstić information content (AvgIpc) is 2.59. The van der Waals surface area contributed by atoms with E-state index in [0.29, 0.717) is 12.0 Å². The fraction of sp³-hybridized carbons (Fsp3) is 0.500. The van der Waals surface area contributed by atoms with Crippen LogP contribution in [0.2, 0.25) is 0 Å². The fourth-order valence-electron chi connectivity index (χ4n) is 3.08. The number of hydrogen-bond donors (Lipinski definition) is 2. The Bertz CT molecular complexity index is 683. The Kier molecular flexibility index (Phi) is 6.65. The van der Waals surface area contributed by atoms with Crippen molar-refractivity contribution >= 4 is 5.97 Å². The van der Waals surface area contributed by atoms with Crippen molar-refractivity contribution < 1.29 is 19.7 Å². The highest BCUT2D eigenvalue weighted by Gasteiger charge is 2.28. The molecular formula is C22H30O4. The number of phenols is 1. The zero-order valence-electron chi connectivity index (χ0n) is 16.2. The summed E-state index contributed by atoms with van der Waals surface area (Å²) >= 11 is 0. The van der Waals surface area contributed by atoms with Crippen LogP contribution in [0, 0.1) is 5.41 Å². The largest absolute Gasteiger partial charge is 0.508 e. The van der Waals surface area contributed by atoms with E-state index in [9.17, 15) is 15.0 Å². The van der Waals surface area contributed by atoms with Crippen molar-refractivity contribution in [3.63, 3.8) is 0 Å². The molecule has 2 N–H and O–H groups in total. The highest BCUT2D eigenvalue weighted by atomic mass is 16.5. The number of hydrogen-bond acceptors (Lipinski definition) is 4. The van der Waals surface area contributed by atoms with Crippen LogP contribution in [0.1, 0.15) is 63.7 Å². The van der Waals surface area contributed by atoms with Gasteiger partial charge in [0.05, 0.1) is 11.7 Å². The summed E-state index contributed by atoms with van der Waals surface area (Å²) in [6, 6.07) is 6.02. The predicted octanol–water partition coefficient (Wildman–Crippen LogP) is 4.77. The first-order valence-corrected chi connectivity index (χ1v) is 9.21. The zero-order valence-corrected chi connectivity index (χ0v) is 16.2. The molecule has 2 atom stereocenters. The highest BCUT2D eigenvalue weighted by molar-refractivity contribution is 5.89. The smallest absolute Gasteiger partial charge is 0.338 e. The van der Waals surface area contributed by atoms with Crippen molar-refractivity contribution in [3.8, 4) is 5.75 Å². The lowest BCUT2D eigenvalue weighted by atomic mass is 9.80. The summed E-state index contributed by atoms with van der Waals surface area (Å²) < 4.78 is 5.72. The van der Waals surface area contributed by atoms with Gasteiger partial charge in [-0.25, -0.2) is 4.79 Å². The first kappa shape index (κ1) is 20.2. The molecule has 0 bridgehead atoms. The molecule has 0 unspecified atom stereocenters. The number of esters is 1. The second kappa shape index (κ2) is 8.54. The van der Waals surface area contributed by atoms with Crippen LogP contribution in [-0.2, 0) is 4.74 Å². The van der Waals surface area contributed by atoms with Gasteiger partial charge in [0.25, 0.3) is 0 Å². The molecule has 1 aromatic rings. The molecule has 142 valence electrons. The lowest BCUT2D eigenvalue weighted by molar-refractivity contribution is 0.0368. The van der Waals surface area contributed by atoms with Crippen LogP contribution in [0.4, 0.5) is 0 Å². The van der Waals surface area contributed by atoms with Crippen molar-refractivity contribution in [2.45, 2.75) is 65.6 Å². The third-order valence-electron chi connectivity index (χ3n) is 5.15. The molecule has 1 aromatic carbocycles. The van der Waals surface area contributed by atoms with Crippen LogP contribution < -0.4 is 0 Å². The molecule has 0 amide bonds. The Morgan fingerprint density at radius 3 is 2.50 bits per heavy atom. The Morgan fingerprint density at radius 2 is 1.85 bits per heavy atom. The molecule has 0 heterocycles. The highest BCUT2D eigenvalue weighted by Crippen LogP contribution is 2.31. The quantitative estimate of drug-likeness (QED) is 0.590. The van der Waals surface area contributed by atoms with Gasteiger partial charge in [-0.3, -0.25) is 0 Å². The molecule has 4 nitrogen and oxygen atoms in total. The van der Waals surface area contributed by atoms with Gasteiger partial charge in [0.1, 0.15) is 11.9 Å². The van der Waals surface area contributed by atoms with E-state index in [0.717, 1.165) is 24.8 Å². The lowest BCUT2D eigenvalue weighted by Gasteiger charge is -2.29. The van der Waals surface area contributed by atoms with Gasteiger partial charge in [-0.15, -0.1) is 0 Å². The molecule has 0 spiro atoms. The molecular weight excluding hydrogens is 328 g/mol. The number of aliphatic hydroxyl groups is 1. The van der Waals surface area contributed by atoms with Crippen LogP contribution in [0.3, 0.4) is 0 Å². The molecule has 0 radical (unpaired) electrons. The zero-order chi connectivity index (χ0) is 19.3. The monoisotopic (exact) mass is 358 g/mol. The minimum Gasteiger partial charge on any atom is -0.508 e. The van der Waals surface area contributed by atoms with Crippen LogP contribution in [0.25, 0.3) is 0 Å². The van der Waals surface area contributed by atoms with Crippen LogP contribution in [0.15, 0.2) is 47.6 Å². The van der Waals surface area contributed by atoms with Gasteiger partial charge in [0.2, 0.25) is 0 Å². The van der Waals surface area contributed by atoms with Gasteiger partial charge < -0.3 is 14.9 Å². The van der Waals surface area contributed by atoms with Gasteiger partial charge in [0.15, 0.2) is 0 Å². The van der Waals surface area contributed by atoms with Crippen molar-refractivity contribution in [2.24, 2.45) is 5.41 Å². The van der Waals surface area contributed by atoms with Crippen molar-refractivity contribution in [1.29, 1.82) is 0 Å². The van der Waals surface area contributed by atoms with E-state index >= 15 is 0 Å². The number of ether oxygens (including phenoxy) is 1. The number of aliphatic hydroxyl groups excluding tert-OH is 1. The van der Waals surface area contributed by atoms with Crippen LogP contribution in [0.5, 0.6) is 5.75 Å². The summed E-state index contributed by atoms with van der Waals surface area (Å²) in [6.45, 7) is 8.13. The van der Waals surface area contributed by atoms with Crippen LogP contribution >= 0.6 is 0 Å². The van der Waals surface area contributed by atoms with E-state index in [-0.39, 0.29) is 11.2 Å². The van der Waals surface area contributed by atoms with Gasteiger partial charge in [-0.2, -0.15) is 0 Å². The van der Waals surface area contributed by atoms with E-state index < -0.39 is 18.2 Å². The van der Waals surface area contributed by atoms with Gasteiger partial charge in [-0.1, -0.05) is 31.6 Å². The first-order valence-electron chi connectivity index (χ1n) is 9.21. The third kappa shape index (κ3) is 5.46. The normalized spacial score (nSPS) is 28.0. The Labute approximate surface area is 156 Å². The van der Waals surface area contributed by atoms with E-state index in [1.807, 2.05) is 13.0 Å².